The van der Waals surface area contributed by atoms with Crippen LogP contribution < -0.4 is 5.73 Å². The van der Waals surface area contributed by atoms with Crippen molar-refractivity contribution in [1.82, 2.24) is 4.31 Å². The molecule has 0 saturated heterocycles. The van der Waals surface area contributed by atoms with E-state index in [0.717, 1.165) is 9.87 Å². The van der Waals surface area contributed by atoms with Gasteiger partial charge in [-0.05, 0) is 17.7 Å². The van der Waals surface area contributed by atoms with E-state index in [-0.39, 0.29) is 4.90 Å². The van der Waals surface area contributed by atoms with Crippen LogP contribution in [0.25, 0.3) is 0 Å². The molecule has 2 N–H and O–H groups in total. The van der Waals surface area contributed by atoms with Gasteiger partial charge >= 0.3 is 0 Å². The van der Waals surface area contributed by atoms with E-state index in [9.17, 15) is 8.42 Å². The minimum atomic E-state index is -3.42. The summed E-state index contributed by atoms with van der Waals surface area (Å²) in [5, 5.41) is 0.375. The van der Waals surface area contributed by atoms with Crippen LogP contribution in [0, 0.1) is 0 Å². The van der Waals surface area contributed by atoms with Crippen molar-refractivity contribution in [3.05, 3.63) is 28.8 Å². The largest absolute Gasteiger partial charge is 0.326 e. The summed E-state index contributed by atoms with van der Waals surface area (Å²) in [5.41, 5.74) is 6.16. The SMILES string of the molecule is CN(C)S(=O)(=O)c1ccc(CN)c(Cl)c1. The van der Waals surface area contributed by atoms with Gasteiger partial charge in [-0.3, -0.25) is 0 Å². The van der Waals surface area contributed by atoms with Gasteiger partial charge in [0.25, 0.3) is 0 Å². The van der Waals surface area contributed by atoms with Gasteiger partial charge in [0, 0.05) is 25.7 Å². The lowest BCUT2D eigenvalue weighted by Crippen LogP contribution is -2.22. The molecule has 84 valence electrons. The summed E-state index contributed by atoms with van der Waals surface area (Å²) in [6.45, 7) is 0.293. The molecule has 0 radical (unpaired) electrons. The number of halogens is 1. The van der Waals surface area contributed by atoms with Crippen LogP contribution in [0.3, 0.4) is 0 Å². The fraction of sp³-hybridized carbons (Fsp3) is 0.333. The molecule has 1 rings (SSSR count). The molecule has 0 saturated carbocycles. The Bertz CT molecular complexity index is 457. The summed E-state index contributed by atoms with van der Waals surface area (Å²) in [6, 6.07) is 4.54. The molecular weight excluding hydrogens is 236 g/mol. The first-order chi connectivity index (χ1) is 6.89. The van der Waals surface area contributed by atoms with E-state index in [1.54, 1.807) is 6.07 Å². The van der Waals surface area contributed by atoms with Crippen molar-refractivity contribution in [3.63, 3.8) is 0 Å². The molecule has 4 nitrogen and oxygen atoms in total. The molecular formula is C9H13ClN2O2S. The average Bonchev–Trinajstić information content (AvgIpc) is 2.17. The molecule has 0 aliphatic carbocycles. The van der Waals surface area contributed by atoms with Crippen molar-refractivity contribution in [2.45, 2.75) is 11.4 Å². The number of nitrogens with two attached hydrogens (primary N) is 1. The van der Waals surface area contributed by atoms with Crippen LogP contribution in [-0.2, 0) is 16.6 Å². The molecule has 1 aromatic rings. The van der Waals surface area contributed by atoms with E-state index in [1.807, 2.05) is 0 Å². The monoisotopic (exact) mass is 248 g/mol. The Kier molecular flexibility index (Phi) is 3.72. The van der Waals surface area contributed by atoms with E-state index >= 15 is 0 Å². The van der Waals surface area contributed by atoms with Crippen molar-refractivity contribution >= 4 is 21.6 Å². The van der Waals surface area contributed by atoms with Crippen LogP contribution in [0.2, 0.25) is 5.02 Å². The van der Waals surface area contributed by atoms with Gasteiger partial charge in [0.05, 0.1) is 4.90 Å². The highest BCUT2D eigenvalue weighted by Gasteiger charge is 2.17. The summed E-state index contributed by atoms with van der Waals surface area (Å²) >= 11 is 5.88. The van der Waals surface area contributed by atoms with E-state index in [1.165, 1.54) is 26.2 Å². The quantitative estimate of drug-likeness (QED) is 0.870. The molecule has 6 heteroatoms. The average molecular weight is 249 g/mol. The summed E-state index contributed by atoms with van der Waals surface area (Å²) in [7, 11) is -0.472. The second-order valence-electron chi connectivity index (χ2n) is 3.24. The zero-order chi connectivity index (χ0) is 11.6. The van der Waals surface area contributed by atoms with Crippen LogP contribution in [0.4, 0.5) is 0 Å². The first-order valence-corrected chi connectivity index (χ1v) is 6.12. The van der Waals surface area contributed by atoms with Crippen molar-refractivity contribution in [3.8, 4) is 0 Å². The maximum absolute atomic E-state index is 11.7. The summed E-state index contributed by atoms with van der Waals surface area (Å²) in [6.07, 6.45) is 0. The number of sulfonamides is 1. The molecule has 0 aliphatic rings. The van der Waals surface area contributed by atoms with Gasteiger partial charge in [-0.2, -0.15) is 0 Å². The molecule has 0 aliphatic heterocycles. The number of hydrogen-bond donors (Lipinski definition) is 1. The molecule has 1 aromatic carbocycles. The van der Waals surface area contributed by atoms with Crippen molar-refractivity contribution in [2.75, 3.05) is 14.1 Å². The third kappa shape index (κ3) is 2.49. The van der Waals surface area contributed by atoms with Crippen LogP contribution in [0.15, 0.2) is 23.1 Å². The zero-order valence-electron chi connectivity index (χ0n) is 8.57. The van der Waals surface area contributed by atoms with Crippen LogP contribution in [0.1, 0.15) is 5.56 Å². The Morgan fingerprint density at radius 1 is 1.40 bits per heavy atom. The fourth-order valence-electron chi connectivity index (χ4n) is 1.06. The van der Waals surface area contributed by atoms with Gasteiger partial charge in [0.1, 0.15) is 0 Å². The first-order valence-electron chi connectivity index (χ1n) is 4.30. The third-order valence-corrected chi connectivity index (χ3v) is 4.19. The zero-order valence-corrected chi connectivity index (χ0v) is 10.1. The van der Waals surface area contributed by atoms with Gasteiger partial charge < -0.3 is 5.73 Å². The number of hydrogen-bond acceptors (Lipinski definition) is 3. The highest BCUT2D eigenvalue weighted by molar-refractivity contribution is 7.89. The second kappa shape index (κ2) is 4.49. The maximum Gasteiger partial charge on any atom is 0.242 e. The third-order valence-electron chi connectivity index (χ3n) is 2.02. The molecule has 0 unspecified atom stereocenters. The summed E-state index contributed by atoms with van der Waals surface area (Å²) < 4.78 is 24.6. The van der Waals surface area contributed by atoms with E-state index in [2.05, 4.69) is 0 Å². The minimum absolute atomic E-state index is 0.176. The molecule has 0 heterocycles. The minimum Gasteiger partial charge on any atom is -0.326 e. The van der Waals surface area contributed by atoms with Crippen molar-refractivity contribution in [2.24, 2.45) is 5.73 Å². The predicted octanol–water partition coefficient (Wildman–Crippen LogP) is 1.05. The molecule has 0 bridgehead atoms. The number of benzene rings is 1. The first kappa shape index (κ1) is 12.4. The Balaban J connectivity index is 3.25. The standard InChI is InChI=1S/C9H13ClN2O2S/c1-12(2)15(13,14)8-4-3-7(6-11)9(10)5-8/h3-5H,6,11H2,1-2H3. The van der Waals surface area contributed by atoms with Gasteiger partial charge in [0.15, 0.2) is 0 Å². The molecule has 15 heavy (non-hydrogen) atoms. The van der Waals surface area contributed by atoms with E-state index < -0.39 is 10.0 Å². The Labute approximate surface area is 94.7 Å². The lowest BCUT2D eigenvalue weighted by Gasteiger charge is -2.12. The van der Waals surface area contributed by atoms with Gasteiger partial charge in [-0.15, -0.1) is 0 Å². The topological polar surface area (TPSA) is 63.4 Å². The summed E-state index contributed by atoms with van der Waals surface area (Å²) in [5.74, 6) is 0. The lowest BCUT2D eigenvalue weighted by molar-refractivity contribution is 0.520. The lowest BCUT2D eigenvalue weighted by atomic mass is 10.2. The van der Waals surface area contributed by atoms with Crippen molar-refractivity contribution in [1.29, 1.82) is 0 Å². The second-order valence-corrected chi connectivity index (χ2v) is 5.80. The Morgan fingerprint density at radius 3 is 2.40 bits per heavy atom. The molecule has 0 fully saturated rings. The Morgan fingerprint density at radius 2 is 2.00 bits per heavy atom. The van der Waals surface area contributed by atoms with E-state index in [0.29, 0.717) is 11.6 Å². The summed E-state index contributed by atoms with van der Waals surface area (Å²) in [4.78, 5) is 0.176. The molecule has 0 atom stereocenters. The van der Waals surface area contributed by atoms with Crippen molar-refractivity contribution < 1.29 is 8.42 Å². The predicted molar refractivity (Wildman–Crippen MR) is 60.2 cm³/mol. The number of rotatable bonds is 3. The van der Waals surface area contributed by atoms with Crippen LogP contribution in [-0.4, -0.2) is 26.8 Å². The molecule has 0 aromatic heterocycles. The van der Waals surface area contributed by atoms with Gasteiger partial charge in [0.2, 0.25) is 10.0 Å². The highest BCUT2D eigenvalue weighted by atomic mass is 35.5. The number of nitrogens with zero attached hydrogens (tertiary/aromatic N) is 1. The van der Waals surface area contributed by atoms with Crippen LogP contribution >= 0.6 is 11.6 Å². The maximum atomic E-state index is 11.7. The smallest absolute Gasteiger partial charge is 0.242 e. The van der Waals surface area contributed by atoms with E-state index in [4.69, 9.17) is 17.3 Å². The van der Waals surface area contributed by atoms with Gasteiger partial charge in [-0.1, -0.05) is 17.7 Å². The highest BCUT2D eigenvalue weighted by Crippen LogP contribution is 2.21. The van der Waals surface area contributed by atoms with Crippen LogP contribution in [0.5, 0.6) is 0 Å². The van der Waals surface area contributed by atoms with Gasteiger partial charge in [-0.25, -0.2) is 12.7 Å². The fourth-order valence-corrected chi connectivity index (χ4v) is 2.32. The normalized spacial score (nSPS) is 12.1. The Hall–Kier alpha value is -0.620. The molecule has 0 spiro atoms. The molecule has 0 amide bonds.